The van der Waals surface area contributed by atoms with E-state index < -0.39 is 0 Å². The van der Waals surface area contributed by atoms with E-state index >= 15 is 0 Å². The van der Waals surface area contributed by atoms with E-state index in [-0.39, 0.29) is 0 Å². The van der Waals surface area contributed by atoms with E-state index in [1.54, 1.807) is 6.20 Å². The summed E-state index contributed by atoms with van der Waals surface area (Å²) in [7, 11) is 0. The van der Waals surface area contributed by atoms with Crippen molar-refractivity contribution < 1.29 is 4.74 Å². The number of aromatic nitrogens is 2. The predicted molar refractivity (Wildman–Crippen MR) is 85.9 cm³/mol. The zero-order valence-corrected chi connectivity index (χ0v) is 13.2. The Kier molecular flexibility index (Phi) is 5.71. The van der Waals surface area contributed by atoms with Gasteiger partial charge in [0.05, 0.1) is 6.54 Å². The Morgan fingerprint density at radius 3 is 2.86 bits per heavy atom. The van der Waals surface area contributed by atoms with Gasteiger partial charge in [0, 0.05) is 30.3 Å². The lowest BCUT2D eigenvalue weighted by Crippen LogP contribution is -2.08. The Morgan fingerprint density at radius 1 is 1.33 bits per heavy atom. The third kappa shape index (κ3) is 4.54. The molecular formula is C17H19ClN2O. The van der Waals surface area contributed by atoms with Crippen molar-refractivity contribution >= 4 is 11.6 Å². The Bertz CT molecular complexity index is 652. The van der Waals surface area contributed by atoms with Crippen molar-refractivity contribution in [1.29, 1.82) is 0 Å². The smallest absolute Gasteiger partial charge is 0.119 e. The summed E-state index contributed by atoms with van der Waals surface area (Å²) in [6.45, 7) is 5.44. The van der Waals surface area contributed by atoms with Gasteiger partial charge in [0.2, 0.25) is 0 Å². The topological polar surface area (TPSA) is 27.1 Å². The lowest BCUT2D eigenvalue weighted by molar-refractivity contribution is 0.297. The van der Waals surface area contributed by atoms with Gasteiger partial charge in [-0.2, -0.15) is 0 Å². The van der Waals surface area contributed by atoms with Crippen molar-refractivity contribution in [1.82, 2.24) is 9.55 Å². The summed E-state index contributed by atoms with van der Waals surface area (Å²) >= 11 is 5.61. The molecule has 21 heavy (non-hydrogen) atoms. The largest absolute Gasteiger partial charge is 0.492 e. The number of nitrogens with zero attached hydrogens (tertiary/aromatic N) is 2. The van der Waals surface area contributed by atoms with Crippen molar-refractivity contribution in [3.8, 4) is 17.6 Å². The molecule has 0 amide bonds. The van der Waals surface area contributed by atoms with Crippen LogP contribution in [0.25, 0.3) is 0 Å². The van der Waals surface area contributed by atoms with Gasteiger partial charge in [0.15, 0.2) is 0 Å². The number of ether oxygens (including phenoxy) is 1. The van der Waals surface area contributed by atoms with E-state index in [0.29, 0.717) is 18.9 Å². The Labute approximate surface area is 130 Å². The van der Waals surface area contributed by atoms with E-state index in [2.05, 4.69) is 21.4 Å². The van der Waals surface area contributed by atoms with Crippen LogP contribution < -0.4 is 4.74 Å². The highest BCUT2D eigenvalue weighted by molar-refractivity contribution is 6.18. The molecule has 0 spiro atoms. The lowest BCUT2D eigenvalue weighted by Gasteiger charge is -2.09. The summed E-state index contributed by atoms with van der Waals surface area (Å²) in [5.74, 6) is 8.61. The van der Waals surface area contributed by atoms with Gasteiger partial charge in [-0.25, -0.2) is 4.98 Å². The van der Waals surface area contributed by atoms with Gasteiger partial charge in [-0.15, -0.1) is 11.6 Å². The molecule has 2 rings (SSSR count). The molecule has 0 saturated carbocycles. The molecular weight excluding hydrogens is 284 g/mol. The van der Waals surface area contributed by atoms with Crippen LogP contribution in [0.2, 0.25) is 0 Å². The molecule has 0 saturated heterocycles. The maximum absolute atomic E-state index is 5.78. The van der Waals surface area contributed by atoms with Crippen LogP contribution in [-0.4, -0.2) is 22.0 Å². The van der Waals surface area contributed by atoms with E-state index in [1.165, 1.54) is 0 Å². The van der Waals surface area contributed by atoms with Crippen molar-refractivity contribution in [2.75, 3.05) is 12.5 Å². The fraction of sp³-hybridized carbons (Fsp3) is 0.353. The highest BCUT2D eigenvalue weighted by atomic mass is 35.5. The maximum atomic E-state index is 5.78. The third-order valence-corrected chi connectivity index (χ3v) is 3.35. The van der Waals surface area contributed by atoms with Gasteiger partial charge in [-0.1, -0.05) is 11.8 Å². The molecule has 1 aromatic carbocycles. The minimum Gasteiger partial charge on any atom is -0.492 e. The third-order valence-electron chi connectivity index (χ3n) is 3.16. The number of rotatable bonds is 5. The van der Waals surface area contributed by atoms with Gasteiger partial charge in [-0.05, 0) is 37.6 Å². The Hall–Kier alpha value is -1.92. The fourth-order valence-electron chi connectivity index (χ4n) is 1.97. The van der Waals surface area contributed by atoms with E-state index in [1.807, 2.05) is 38.2 Å². The van der Waals surface area contributed by atoms with Crippen molar-refractivity contribution in [2.45, 2.75) is 26.8 Å². The van der Waals surface area contributed by atoms with E-state index in [9.17, 15) is 0 Å². The first kappa shape index (κ1) is 15.5. The van der Waals surface area contributed by atoms with Crippen LogP contribution in [0.1, 0.15) is 23.4 Å². The minimum atomic E-state index is 0.570. The molecule has 0 N–H and O–H groups in total. The molecule has 3 nitrogen and oxygen atoms in total. The summed E-state index contributed by atoms with van der Waals surface area (Å²) in [5, 5.41) is 0. The summed E-state index contributed by atoms with van der Waals surface area (Å²) < 4.78 is 7.85. The van der Waals surface area contributed by atoms with Crippen LogP contribution in [-0.2, 0) is 6.54 Å². The molecule has 0 atom stereocenters. The van der Waals surface area contributed by atoms with Gasteiger partial charge in [0.1, 0.15) is 18.2 Å². The van der Waals surface area contributed by atoms with E-state index in [0.717, 1.165) is 29.2 Å². The zero-order chi connectivity index (χ0) is 15.1. The van der Waals surface area contributed by atoms with Crippen molar-refractivity contribution in [3.05, 3.63) is 47.5 Å². The number of imidazole rings is 1. The van der Waals surface area contributed by atoms with Gasteiger partial charge in [-0.3, -0.25) is 0 Å². The molecule has 2 aromatic rings. The number of benzene rings is 1. The van der Waals surface area contributed by atoms with E-state index in [4.69, 9.17) is 16.3 Å². The molecule has 0 fully saturated rings. The fourth-order valence-corrected chi connectivity index (χ4v) is 2.07. The van der Waals surface area contributed by atoms with Crippen LogP contribution in [0.15, 0.2) is 30.6 Å². The summed E-state index contributed by atoms with van der Waals surface area (Å²) in [4.78, 5) is 4.19. The highest BCUT2D eigenvalue weighted by Crippen LogP contribution is 2.16. The number of hydrogen-bond acceptors (Lipinski definition) is 2. The van der Waals surface area contributed by atoms with Gasteiger partial charge in [0.25, 0.3) is 0 Å². The first-order valence-electron chi connectivity index (χ1n) is 6.96. The minimum absolute atomic E-state index is 0.570. The molecule has 4 heteroatoms. The van der Waals surface area contributed by atoms with Crippen molar-refractivity contribution in [3.63, 3.8) is 0 Å². The normalized spacial score (nSPS) is 10.0. The second kappa shape index (κ2) is 7.75. The monoisotopic (exact) mass is 302 g/mol. The molecule has 1 heterocycles. The average molecular weight is 303 g/mol. The standard InChI is InChI=1S/C17H19ClN2O/c1-14-13-17(7-6-16(14)5-3-4-8-18)21-12-11-20-10-9-19-15(20)2/h6-7,9-10,13H,4,8,11-12H2,1-2H3. The number of halogens is 1. The van der Waals surface area contributed by atoms with Crippen LogP contribution in [0.5, 0.6) is 5.75 Å². The van der Waals surface area contributed by atoms with Crippen LogP contribution in [0, 0.1) is 25.7 Å². The second-order valence-corrected chi connectivity index (χ2v) is 5.11. The molecule has 0 bridgehead atoms. The summed E-state index contributed by atoms with van der Waals surface area (Å²) in [6, 6.07) is 5.97. The van der Waals surface area contributed by atoms with Crippen molar-refractivity contribution in [2.24, 2.45) is 0 Å². The van der Waals surface area contributed by atoms with Crippen LogP contribution in [0.3, 0.4) is 0 Å². The van der Waals surface area contributed by atoms with Crippen LogP contribution >= 0.6 is 11.6 Å². The highest BCUT2D eigenvalue weighted by Gasteiger charge is 2.00. The Balaban J connectivity index is 1.91. The average Bonchev–Trinajstić information content (AvgIpc) is 2.87. The first-order chi connectivity index (χ1) is 10.2. The molecule has 0 radical (unpaired) electrons. The lowest BCUT2D eigenvalue weighted by atomic mass is 10.1. The molecule has 0 aliphatic carbocycles. The maximum Gasteiger partial charge on any atom is 0.119 e. The number of aryl methyl sites for hydroxylation is 2. The molecule has 110 valence electrons. The quantitative estimate of drug-likeness (QED) is 0.624. The predicted octanol–water partition coefficient (Wildman–Crippen LogP) is 3.56. The summed E-state index contributed by atoms with van der Waals surface area (Å²) in [5.41, 5.74) is 2.14. The van der Waals surface area contributed by atoms with Gasteiger partial charge < -0.3 is 9.30 Å². The first-order valence-corrected chi connectivity index (χ1v) is 7.50. The molecule has 0 aliphatic heterocycles. The Morgan fingerprint density at radius 2 is 2.19 bits per heavy atom. The number of alkyl halides is 1. The number of hydrogen-bond donors (Lipinski definition) is 0. The van der Waals surface area contributed by atoms with Gasteiger partial charge >= 0.3 is 0 Å². The molecule has 0 unspecified atom stereocenters. The molecule has 0 aliphatic rings. The van der Waals surface area contributed by atoms with Crippen LogP contribution in [0.4, 0.5) is 0 Å². The SMILES string of the molecule is Cc1cc(OCCn2ccnc2C)ccc1C#CCCCl. The zero-order valence-electron chi connectivity index (χ0n) is 12.4. The second-order valence-electron chi connectivity index (χ2n) is 4.73. The summed E-state index contributed by atoms with van der Waals surface area (Å²) in [6.07, 6.45) is 4.47. The molecule has 1 aromatic heterocycles.